The largest absolute Gasteiger partial charge is 0.522 e. The lowest BCUT2D eigenvalue weighted by atomic mass is 9.39. The fourth-order valence-electron chi connectivity index (χ4n) is 5.46. The summed E-state index contributed by atoms with van der Waals surface area (Å²) in [6, 6.07) is 5.29. The number of rotatable bonds is 5. The molecule has 0 aromatic heterocycles. The van der Waals surface area contributed by atoms with E-state index in [9.17, 15) is 27.6 Å². The van der Waals surface area contributed by atoms with Crippen LogP contribution in [0.1, 0.15) is 44.1 Å². The number of fused-ring (bicyclic) bond motifs is 1. The van der Waals surface area contributed by atoms with Crippen molar-refractivity contribution >= 4 is 29.3 Å². The van der Waals surface area contributed by atoms with Gasteiger partial charge in [0.05, 0.1) is 11.5 Å². The number of carbonyl (C=O) groups excluding carboxylic acids is 3. The summed E-state index contributed by atoms with van der Waals surface area (Å²) in [6.07, 6.45) is -3.90. The first-order valence-electron chi connectivity index (χ1n) is 11.1. The molecule has 6 rings (SSSR count). The van der Waals surface area contributed by atoms with Crippen LogP contribution < -0.4 is 20.9 Å². The summed E-state index contributed by atoms with van der Waals surface area (Å²) in [5.41, 5.74) is 4.53. The first-order chi connectivity index (χ1) is 16.0. The molecule has 184 valence electrons. The number of alkyl halides is 3. The van der Waals surface area contributed by atoms with Crippen molar-refractivity contribution in [1.29, 1.82) is 0 Å². The van der Waals surface area contributed by atoms with Gasteiger partial charge in [0.15, 0.2) is 6.10 Å². The van der Waals surface area contributed by atoms with Crippen molar-refractivity contribution in [1.82, 2.24) is 16.2 Å². The molecule has 1 atom stereocenters. The molecule has 1 aromatic rings. The summed E-state index contributed by atoms with van der Waals surface area (Å²) in [4.78, 5) is 37.3. The molecule has 8 nitrogen and oxygen atoms in total. The van der Waals surface area contributed by atoms with Crippen LogP contribution in [0.5, 0.6) is 5.75 Å². The predicted octanol–water partition coefficient (Wildman–Crippen LogP) is 2.53. The van der Waals surface area contributed by atoms with Gasteiger partial charge in [-0.15, -0.1) is 13.2 Å². The maximum absolute atomic E-state index is 12.7. The zero-order valence-corrected chi connectivity index (χ0v) is 18.7. The number of amides is 3. The Morgan fingerprint density at radius 3 is 2.47 bits per heavy atom. The van der Waals surface area contributed by atoms with Gasteiger partial charge in [-0.2, -0.15) is 0 Å². The molecule has 2 bridgehead atoms. The summed E-state index contributed by atoms with van der Waals surface area (Å²) >= 11 is 5.99. The number of benzene rings is 1. The molecule has 4 aliphatic carbocycles. The van der Waals surface area contributed by atoms with Crippen LogP contribution in [0.3, 0.4) is 0 Å². The van der Waals surface area contributed by atoms with Gasteiger partial charge in [0.2, 0.25) is 11.8 Å². The number of aryl methyl sites for hydroxylation is 1. The summed E-state index contributed by atoms with van der Waals surface area (Å²) in [6.45, 7) is 0. The van der Waals surface area contributed by atoms with E-state index in [1.807, 2.05) is 6.07 Å². The van der Waals surface area contributed by atoms with E-state index < -0.39 is 41.3 Å². The lowest BCUT2D eigenvalue weighted by molar-refractivity contribution is -0.353. The highest BCUT2D eigenvalue weighted by Crippen LogP contribution is 2.67. The number of hydrogen-bond donors (Lipinski definition) is 3. The third-order valence-electron chi connectivity index (χ3n) is 7.23. The summed E-state index contributed by atoms with van der Waals surface area (Å²) in [5, 5.41) is 3.63. The van der Waals surface area contributed by atoms with Gasteiger partial charge in [-0.25, -0.2) is 0 Å². The van der Waals surface area contributed by atoms with Crippen LogP contribution in [-0.4, -0.2) is 41.8 Å². The second-order valence-electron chi connectivity index (χ2n) is 9.77. The predicted molar refractivity (Wildman–Crippen MR) is 111 cm³/mol. The van der Waals surface area contributed by atoms with Crippen molar-refractivity contribution in [3.8, 4) is 5.75 Å². The van der Waals surface area contributed by atoms with E-state index in [4.69, 9.17) is 16.3 Å². The van der Waals surface area contributed by atoms with Crippen LogP contribution in [-0.2, 0) is 25.5 Å². The first kappa shape index (κ1) is 23.2. The van der Waals surface area contributed by atoms with Crippen molar-refractivity contribution in [3.05, 3.63) is 28.8 Å². The monoisotopic (exact) mass is 501 g/mol. The van der Waals surface area contributed by atoms with Crippen LogP contribution in [0.4, 0.5) is 13.2 Å². The SMILES string of the molecule is O=C(NC12CC(C(=O)NNC(=O)[C@H]3C[C@@H](OC(F)(F)F)C3)(C1)C2)C1CCc2cc(Cl)ccc2O1. The van der Waals surface area contributed by atoms with Gasteiger partial charge in [-0.1, -0.05) is 11.6 Å². The summed E-state index contributed by atoms with van der Waals surface area (Å²) < 4.78 is 46.2. The smallest absolute Gasteiger partial charge is 0.480 e. The summed E-state index contributed by atoms with van der Waals surface area (Å²) in [7, 11) is 0. The molecule has 0 spiro atoms. The fourth-order valence-corrected chi connectivity index (χ4v) is 5.66. The Morgan fingerprint density at radius 2 is 1.79 bits per heavy atom. The number of nitrogens with one attached hydrogen (secondary N) is 3. The lowest BCUT2D eigenvalue weighted by Gasteiger charge is -2.69. The minimum Gasteiger partial charge on any atom is -0.480 e. The fraction of sp³-hybridized carbons (Fsp3) is 0.591. The molecule has 1 aromatic carbocycles. The van der Waals surface area contributed by atoms with E-state index >= 15 is 0 Å². The molecule has 0 radical (unpaired) electrons. The molecule has 1 aliphatic heterocycles. The molecule has 4 saturated carbocycles. The Bertz CT molecular complexity index is 1020. The average Bonchev–Trinajstić information content (AvgIpc) is 2.68. The van der Waals surface area contributed by atoms with Gasteiger partial charge < -0.3 is 10.1 Å². The van der Waals surface area contributed by atoms with E-state index in [2.05, 4.69) is 20.9 Å². The van der Waals surface area contributed by atoms with E-state index in [0.717, 1.165) is 5.56 Å². The van der Waals surface area contributed by atoms with Crippen LogP contribution in [0.25, 0.3) is 0 Å². The number of hydrazine groups is 1. The highest BCUT2D eigenvalue weighted by molar-refractivity contribution is 6.30. The zero-order chi connectivity index (χ0) is 24.3. The molecule has 12 heteroatoms. The molecular weight excluding hydrogens is 479 g/mol. The molecule has 5 aliphatic rings. The molecule has 0 saturated heterocycles. The van der Waals surface area contributed by atoms with E-state index in [1.165, 1.54) is 0 Å². The second-order valence-corrected chi connectivity index (χ2v) is 10.2. The average molecular weight is 502 g/mol. The number of hydrogen-bond acceptors (Lipinski definition) is 5. The van der Waals surface area contributed by atoms with Gasteiger partial charge in [0.1, 0.15) is 5.75 Å². The molecule has 1 unspecified atom stereocenters. The normalized spacial score (nSPS) is 33.1. The zero-order valence-electron chi connectivity index (χ0n) is 18.0. The van der Waals surface area contributed by atoms with E-state index in [0.29, 0.717) is 42.9 Å². The van der Waals surface area contributed by atoms with Gasteiger partial charge in [-0.05, 0) is 68.7 Å². The van der Waals surface area contributed by atoms with Crippen molar-refractivity contribution in [2.75, 3.05) is 0 Å². The highest BCUT2D eigenvalue weighted by Gasteiger charge is 2.72. The van der Waals surface area contributed by atoms with E-state index in [-0.39, 0.29) is 24.7 Å². The molecule has 3 amide bonds. The molecule has 4 fully saturated rings. The molecule has 3 N–H and O–H groups in total. The first-order valence-corrected chi connectivity index (χ1v) is 11.5. The highest BCUT2D eigenvalue weighted by atomic mass is 35.5. The van der Waals surface area contributed by atoms with Crippen LogP contribution in [0, 0.1) is 11.3 Å². The van der Waals surface area contributed by atoms with Crippen molar-refractivity contribution < 1.29 is 37.0 Å². The van der Waals surface area contributed by atoms with Gasteiger partial charge in [0, 0.05) is 16.5 Å². The second kappa shape index (κ2) is 8.01. The molecular formula is C22H23ClF3N3O5. The Balaban J connectivity index is 1.04. The van der Waals surface area contributed by atoms with Crippen molar-refractivity contribution in [3.63, 3.8) is 0 Å². The number of halogens is 4. The number of ether oxygens (including phenoxy) is 2. The Kier molecular flexibility index (Phi) is 5.47. The molecule has 34 heavy (non-hydrogen) atoms. The van der Waals surface area contributed by atoms with Gasteiger partial charge in [-0.3, -0.25) is 30.0 Å². The topological polar surface area (TPSA) is 106 Å². The standard InChI is InChI=1S/C22H23ClF3N3O5/c23-13-2-4-15-11(5-13)1-3-16(33-15)18(31)27-21-8-20(9-21,10-21)19(32)29-28-17(30)12-6-14(7-12)34-22(24,25)26/h2,4-5,12,14,16H,1,3,6-10H2,(H,27,31)(H,28,30)(H,29,32)/t12-,14+,16?,20?,21?. The van der Waals surface area contributed by atoms with Crippen LogP contribution >= 0.6 is 11.6 Å². The Morgan fingerprint density at radius 1 is 1.09 bits per heavy atom. The minimum atomic E-state index is -4.72. The lowest BCUT2D eigenvalue weighted by Crippen LogP contribution is -2.79. The van der Waals surface area contributed by atoms with Crippen LogP contribution in [0.15, 0.2) is 18.2 Å². The van der Waals surface area contributed by atoms with Gasteiger partial charge in [0.25, 0.3) is 5.91 Å². The quantitative estimate of drug-likeness (QED) is 0.538. The Hall–Kier alpha value is -2.53. The minimum absolute atomic E-state index is 0.0533. The molecule has 1 heterocycles. The third-order valence-corrected chi connectivity index (χ3v) is 7.46. The van der Waals surface area contributed by atoms with Crippen molar-refractivity contribution in [2.45, 2.75) is 69.1 Å². The van der Waals surface area contributed by atoms with Crippen LogP contribution in [0.2, 0.25) is 5.02 Å². The third kappa shape index (κ3) is 4.31. The summed E-state index contributed by atoms with van der Waals surface area (Å²) in [5.74, 6) is -1.12. The maximum Gasteiger partial charge on any atom is 0.522 e. The van der Waals surface area contributed by atoms with Gasteiger partial charge >= 0.3 is 6.36 Å². The Labute approximate surface area is 197 Å². The van der Waals surface area contributed by atoms with E-state index in [1.54, 1.807) is 12.1 Å². The number of carbonyl (C=O) groups is 3. The van der Waals surface area contributed by atoms with Crippen molar-refractivity contribution in [2.24, 2.45) is 11.3 Å². The maximum atomic E-state index is 12.7.